The maximum absolute atomic E-state index is 12.1. The number of hydrogen-bond donors (Lipinski definition) is 2. The van der Waals surface area contributed by atoms with E-state index in [4.69, 9.17) is 22.2 Å². The number of para-hydroxylation sites is 1. The molecule has 1 heterocycles. The molecule has 3 N–H and O–H groups in total. The summed E-state index contributed by atoms with van der Waals surface area (Å²) < 4.78 is 6.93. The molecule has 0 aliphatic rings. The molecule has 0 spiro atoms. The predicted octanol–water partition coefficient (Wildman–Crippen LogP) is 3.26. The Bertz CT molecular complexity index is 930. The fraction of sp³-hybridized carbons (Fsp3) is 0.167. The number of thioether (sulfide) groups is 1. The van der Waals surface area contributed by atoms with Crippen LogP contribution in [-0.4, -0.2) is 26.5 Å². The molecule has 9 heteroatoms. The number of nitrogen functional groups attached to an aromatic ring is 1. The topological polar surface area (TPSA) is 95.1 Å². The number of aromatic nitrogens is 3. The summed E-state index contributed by atoms with van der Waals surface area (Å²) in [5.41, 5.74) is 1.79. The van der Waals surface area contributed by atoms with Crippen LogP contribution in [0, 0.1) is 6.92 Å². The van der Waals surface area contributed by atoms with E-state index in [0.717, 1.165) is 11.3 Å². The van der Waals surface area contributed by atoms with Crippen LogP contribution in [-0.2, 0) is 11.4 Å². The van der Waals surface area contributed by atoms with Crippen molar-refractivity contribution in [3.8, 4) is 5.75 Å². The highest BCUT2D eigenvalue weighted by atomic mass is 35.5. The van der Waals surface area contributed by atoms with E-state index < -0.39 is 0 Å². The van der Waals surface area contributed by atoms with Crippen molar-refractivity contribution < 1.29 is 9.53 Å². The molecule has 3 rings (SSSR count). The summed E-state index contributed by atoms with van der Waals surface area (Å²) >= 11 is 7.04. The smallest absolute Gasteiger partial charge is 0.234 e. The molecule has 7 nitrogen and oxygen atoms in total. The minimum atomic E-state index is -0.142. The number of nitrogens with one attached hydrogen (secondary N) is 1. The van der Waals surface area contributed by atoms with Crippen LogP contribution in [0.25, 0.3) is 0 Å². The lowest BCUT2D eigenvalue weighted by molar-refractivity contribution is -0.113. The summed E-state index contributed by atoms with van der Waals surface area (Å²) in [5.74, 6) is 7.12. The summed E-state index contributed by atoms with van der Waals surface area (Å²) in [6.45, 7) is 2.09. The molecule has 1 amide bonds. The van der Waals surface area contributed by atoms with Gasteiger partial charge in [-0.05, 0) is 42.8 Å². The fourth-order valence-electron chi connectivity index (χ4n) is 2.21. The molecule has 27 heavy (non-hydrogen) atoms. The zero-order chi connectivity index (χ0) is 19.2. The molecule has 0 atom stereocenters. The number of carbonyl (C=O) groups excluding carboxylic acids is 1. The number of rotatable bonds is 7. The Morgan fingerprint density at radius 1 is 1.22 bits per heavy atom. The van der Waals surface area contributed by atoms with Gasteiger partial charge in [0.15, 0.2) is 5.82 Å². The van der Waals surface area contributed by atoms with Crippen molar-refractivity contribution in [2.75, 3.05) is 16.9 Å². The maximum Gasteiger partial charge on any atom is 0.234 e. The second-order valence-corrected chi connectivity index (χ2v) is 7.04. The molecule has 0 saturated carbocycles. The summed E-state index contributed by atoms with van der Waals surface area (Å²) in [4.78, 5) is 12.1. The highest BCUT2D eigenvalue weighted by Gasteiger charge is 2.13. The normalized spacial score (nSPS) is 10.6. The minimum Gasteiger partial charge on any atom is -0.486 e. The third-order valence-electron chi connectivity index (χ3n) is 3.67. The van der Waals surface area contributed by atoms with Crippen molar-refractivity contribution in [1.82, 2.24) is 14.9 Å². The van der Waals surface area contributed by atoms with E-state index in [1.165, 1.54) is 16.4 Å². The van der Waals surface area contributed by atoms with Gasteiger partial charge in [-0.15, -0.1) is 10.2 Å². The number of ether oxygens (including phenoxy) is 1. The molecule has 0 saturated heterocycles. The molecule has 0 aliphatic heterocycles. The van der Waals surface area contributed by atoms with E-state index in [2.05, 4.69) is 15.5 Å². The van der Waals surface area contributed by atoms with Crippen LogP contribution < -0.4 is 15.9 Å². The van der Waals surface area contributed by atoms with Crippen LogP contribution >= 0.6 is 23.4 Å². The number of carbonyl (C=O) groups is 1. The minimum absolute atomic E-state index is 0.142. The molecule has 2 aromatic carbocycles. The van der Waals surface area contributed by atoms with Gasteiger partial charge in [0, 0.05) is 10.7 Å². The van der Waals surface area contributed by atoms with Gasteiger partial charge < -0.3 is 15.9 Å². The predicted molar refractivity (Wildman–Crippen MR) is 106 cm³/mol. The van der Waals surface area contributed by atoms with Gasteiger partial charge in [-0.25, -0.2) is 4.68 Å². The van der Waals surface area contributed by atoms with Crippen LogP contribution in [0.15, 0.2) is 53.7 Å². The molecule has 0 radical (unpaired) electrons. The molecule has 0 bridgehead atoms. The van der Waals surface area contributed by atoms with Crippen molar-refractivity contribution >= 4 is 35.0 Å². The van der Waals surface area contributed by atoms with E-state index in [9.17, 15) is 4.79 Å². The highest BCUT2D eigenvalue weighted by Crippen LogP contribution is 2.19. The third-order valence-corrected chi connectivity index (χ3v) is 4.86. The molecule has 3 aromatic rings. The fourth-order valence-corrected chi connectivity index (χ4v) is 3.01. The zero-order valence-electron chi connectivity index (χ0n) is 14.6. The van der Waals surface area contributed by atoms with Crippen molar-refractivity contribution in [2.24, 2.45) is 0 Å². The Balaban J connectivity index is 1.53. The lowest BCUT2D eigenvalue weighted by atomic mass is 10.2. The monoisotopic (exact) mass is 403 g/mol. The zero-order valence-corrected chi connectivity index (χ0v) is 16.1. The Labute approximate surface area is 165 Å². The summed E-state index contributed by atoms with van der Waals surface area (Å²) in [6.07, 6.45) is 0. The van der Waals surface area contributed by atoms with Crippen LogP contribution in [0.4, 0.5) is 5.69 Å². The largest absolute Gasteiger partial charge is 0.486 e. The first-order valence-electron chi connectivity index (χ1n) is 8.09. The number of amides is 1. The number of halogens is 1. The summed E-state index contributed by atoms with van der Waals surface area (Å²) in [7, 11) is 0. The van der Waals surface area contributed by atoms with E-state index >= 15 is 0 Å². The molecule has 0 aliphatic carbocycles. The second-order valence-electron chi connectivity index (χ2n) is 5.66. The maximum atomic E-state index is 12.1. The number of nitrogens with zero attached hydrogens (tertiary/aromatic N) is 3. The van der Waals surface area contributed by atoms with E-state index in [-0.39, 0.29) is 18.3 Å². The Kier molecular flexibility index (Phi) is 6.20. The van der Waals surface area contributed by atoms with Crippen molar-refractivity contribution in [2.45, 2.75) is 18.7 Å². The SMILES string of the molecule is Cc1ccccc1NC(=O)CSc1nnc(COc2ccc(Cl)cc2)n1N. The van der Waals surface area contributed by atoms with Crippen LogP contribution in [0.5, 0.6) is 5.75 Å². The quantitative estimate of drug-likeness (QED) is 0.464. The highest BCUT2D eigenvalue weighted by molar-refractivity contribution is 7.99. The van der Waals surface area contributed by atoms with Crippen molar-refractivity contribution in [1.29, 1.82) is 0 Å². The lowest BCUT2D eigenvalue weighted by Gasteiger charge is -2.08. The van der Waals surface area contributed by atoms with Gasteiger partial charge in [-0.1, -0.05) is 41.6 Å². The third kappa shape index (κ3) is 5.15. The van der Waals surface area contributed by atoms with E-state index in [0.29, 0.717) is 21.8 Å². The number of aryl methyl sites for hydroxylation is 1. The number of benzene rings is 2. The average molecular weight is 404 g/mol. The van der Waals surface area contributed by atoms with Gasteiger partial charge in [-0.3, -0.25) is 4.79 Å². The van der Waals surface area contributed by atoms with Gasteiger partial charge in [-0.2, -0.15) is 0 Å². The van der Waals surface area contributed by atoms with Gasteiger partial charge >= 0.3 is 0 Å². The molecule has 0 fully saturated rings. The molecule has 1 aromatic heterocycles. The Hall–Kier alpha value is -2.71. The average Bonchev–Trinajstić information content (AvgIpc) is 3.01. The van der Waals surface area contributed by atoms with Crippen LogP contribution in [0.2, 0.25) is 5.02 Å². The first-order valence-corrected chi connectivity index (χ1v) is 9.45. The lowest BCUT2D eigenvalue weighted by Crippen LogP contribution is -2.18. The van der Waals surface area contributed by atoms with Gasteiger partial charge in [0.1, 0.15) is 12.4 Å². The molecule has 140 valence electrons. The number of nitrogens with two attached hydrogens (primary N) is 1. The van der Waals surface area contributed by atoms with Crippen LogP contribution in [0.1, 0.15) is 11.4 Å². The van der Waals surface area contributed by atoms with Gasteiger partial charge in [0.05, 0.1) is 5.75 Å². The molecule has 0 unspecified atom stereocenters. The molecular formula is C18H18ClN5O2S. The van der Waals surface area contributed by atoms with Gasteiger partial charge in [0.25, 0.3) is 0 Å². The standard InChI is InChI=1S/C18H18ClN5O2S/c1-12-4-2-3-5-15(12)21-17(25)11-27-18-23-22-16(24(18)20)10-26-14-8-6-13(19)7-9-14/h2-9H,10-11,20H2,1H3,(H,21,25). The van der Waals surface area contributed by atoms with E-state index in [1.54, 1.807) is 24.3 Å². The number of hydrogen-bond acceptors (Lipinski definition) is 6. The Morgan fingerprint density at radius 2 is 1.96 bits per heavy atom. The first-order chi connectivity index (χ1) is 13.0. The molecular weight excluding hydrogens is 386 g/mol. The number of anilines is 1. The first kappa shape index (κ1) is 19.1. The van der Waals surface area contributed by atoms with Gasteiger partial charge in [0.2, 0.25) is 11.1 Å². The second kappa shape index (κ2) is 8.79. The van der Waals surface area contributed by atoms with Crippen molar-refractivity contribution in [3.05, 3.63) is 64.9 Å². The van der Waals surface area contributed by atoms with Crippen LogP contribution in [0.3, 0.4) is 0 Å². The summed E-state index contributed by atoms with van der Waals surface area (Å²) in [5, 5.41) is 11.9. The summed E-state index contributed by atoms with van der Waals surface area (Å²) in [6, 6.07) is 14.6. The van der Waals surface area contributed by atoms with Crippen molar-refractivity contribution in [3.63, 3.8) is 0 Å². The van der Waals surface area contributed by atoms with E-state index in [1.807, 2.05) is 31.2 Å². The Morgan fingerprint density at radius 3 is 2.70 bits per heavy atom.